The second-order valence-corrected chi connectivity index (χ2v) is 8.38. The van der Waals surface area contributed by atoms with Crippen LogP contribution in [-0.2, 0) is 17.9 Å². The minimum Gasteiger partial charge on any atom is -0.332 e. The van der Waals surface area contributed by atoms with Gasteiger partial charge in [0.05, 0.1) is 12.2 Å². The van der Waals surface area contributed by atoms with Crippen LogP contribution in [0.4, 0.5) is 4.39 Å². The van der Waals surface area contributed by atoms with Gasteiger partial charge in [-0.3, -0.25) is 9.48 Å². The molecule has 160 valence electrons. The van der Waals surface area contributed by atoms with Gasteiger partial charge in [-0.1, -0.05) is 42.0 Å². The number of aryl methyl sites for hydroxylation is 2. The van der Waals surface area contributed by atoms with Gasteiger partial charge in [-0.2, -0.15) is 5.10 Å². The fourth-order valence-electron chi connectivity index (χ4n) is 3.78. The second-order valence-electron chi connectivity index (χ2n) is 8.38. The molecule has 2 aromatic carbocycles. The summed E-state index contributed by atoms with van der Waals surface area (Å²) in [6.07, 6.45) is 5.57. The van der Waals surface area contributed by atoms with E-state index in [9.17, 15) is 9.18 Å². The molecular formula is C26H28FN3O. The SMILES string of the molecule is Cc1ccc(Cn2nc(C)c(/C=C/C(=O)N(Cc3ccc(F)cc3)C3CC3)c2C)cc1. The lowest BCUT2D eigenvalue weighted by molar-refractivity contribution is -0.127. The minimum atomic E-state index is -0.262. The Morgan fingerprint density at radius 3 is 2.35 bits per heavy atom. The van der Waals surface area contributed by atoms with Crippen LogP contribution in [0.3, 0.4) is 0 Å². The van der Waals surface area contributed by atoms with E-state index in [1.165, 1.54) is 23.3 Å². The summed E-state index contributed by atoms with van der Waals surface area (Å²) < 4.78 is 15.2. The van der Waals surface area contributed by atoms with E-state index in [1.807, 2.05) is 29.5 Å². The number of nitrogens with zero attached hydrogens (tertiary/aromatic N) is 3. The van der Waals surface area contributed by atoms with E-state index in [4.69, 9.17) is 0 Å². The minimum absolute atomic E-state index is 0.0168. The number of hydrogen-bond donors (Lipinski definition) is 0. The van der Waals surface area contributed by atoms with Crippen molar-refractivity contribution in [3.05, 3.63) is 94.1 Å². The van der Waals surface area contributed by atoms with Gasteiger partial charge in [0, 0.05) is 29.9 Å². The molecule has 4 nitrogen and oxygen atoms in total. The molecule has 0 aliphatic heterocycles. The van der Waals surface area contributed by atoms with Gasteiger partial charge < -0.3 is 4.90 Å². The Balaban J connectivity index is 1.48. The zero-order chi connectivity index (χ0) is 22.0. The van der Waals surface area contributed by atoms with E-state index in [0.29, 0.717) is 13.1 Å². The molecule has 0 spiro atoms. The highest BCUT2D eigenvalue weighted by Crippen LogP contribution is 2.29. The lowest BCUT2D eigenvalue weighted by atomic mass is 10.1. The highest BCUT2D eigenvalue weighted by atomic mass is 19.1. The molecule has 0 atom stereocenters. The van der Waals surface area contributed by atoms with Gasteiger partial charge in [-0.15, -0.1) is 0 Å². The van der Waals surface area contributed by atoms with Crippen molar-refractivity contribution in [3.8, 4) is 0 Å². The highest BCUT2D eigenvalue weighted by Gasteiger charge is 2.31. The van der Waals surface area contributed by atoms with Gasteiger partial charge in [0.1, 0.15) is 5.82 Å². The average molecular weight is 418 g/mol. The van der Waals surface area contributed by atoms with Crippen LogP contribution in [0.15, 0.2) is 54.6 Å². The van der Waals surface area contributed by atoms with Crippen LogP contribution in [0.2, 0.25) is 0 Å². The molecule has 0 N–H and O–H groups in total. The van der Waals surface area contributed by atoms with E-state index in [0.717, 1.165) is 35.4 Å². The number of hydrogen-bond acceptors (Lipinski definition) is 2. The molecule has 5 heteroatoms. The Kier molecular flexibility index (Phi) is 6.03. The summed E-state index contributed by atoms with van der Waals surface area (Å²) in [6.45, 7) is 7.29. The second kappa shape index (κ2) is 8.88. The van der Waals surface area contributed by atoms with E-state index in [-0.39, 0.29) is 17.8 Å². The van der Waals surface area contributed by atoms with Gasteiger partial charge in [-0.05, 0) is 62.9 Å². The largest absolute Gasteiger partial charge is 0.332 e. The van der Waals surface area contributed by atoms with E-state index < -0.39 is 0 Å². The quantitative estimate of drug-likeness (QED) is 0.496. The summed E-state index contributed by atoms with van der Waals surface area (Å²) in [6, 6.07) is 15.1. The van der Waals surface area contributed by atoms with Crippen molar-refractivity contribution < 1.29 is 9.18 Å². The molecule has 1 amide bonds. The lowest BCUT2D eigenvalue weighted by Crippen LogP contribution is -2.31. The third-order valence-electron chi connectivity index (χ3n) is 5.82. The van der Waals surface area contributed by atoms with Crippen LogP contribution in [0, 0.1) is 26.6 Å². The summed E-state index contributed by atoms with van der Waals surface area (Å²) in [7, 11) is 0. The van der Waals surface area contributed by atoms with Crippen molar-refractivity contribution in [1.29, 1.82) is 0 Å². The molecule has 0 radical (unpaired) electrons. The zero-order valence-electron chi connectivity index (χ0n) is 18.3. The molecule has 4 rings (SSSR count). The standard InChI is InChI=1S/C26H28FN3O/c1-18-4-6-22(7-5-18)17-30-20(3)25(19(2)28-30)14-15-26(31)29(24-12-13-24)16-21-8-10-23(27)11-9-21/h4-11,14-15,24H,12-13,16-17H2,1-3H3/b15-14+. The number of carbonyl (C=O) groups is 1. The molecule has 1 aliphatic carbocycles. The number of benzene rings is 2. The van der Waals surface area contributed by atoms with Crippen LogP contribution in [0.25, 0.3) is 6.08 Å². The molecule has 1 heterocycles. The third-order valence-corrected chi connectivity index (χ3v) is 5.82. The number of halogens is 1. The fourth-order valence-corrected chi connectivity index (χ4v) is 3.78. The Morgan fingerprint density at radius 2 is 1.71 bits per heavy atom. The van der Waals surface area contributed by atoms with Gasteiger partial charge >= 0.3 is 0 Å². The zero-order valence-corrected chi connectivity index (χ0v) is 18.3. The van der Waals surface area contributed by atoms with Crippen LogP contribution in [-0.4, -0.2) is 26.6 Å². The molecule has 1 saturated carbocycles. The maximum Gasteiger partial charge on any atom is 0.247 e. The summed E-state index contributed by atoms with van der Waals surface area (Å²) in [4.78, 5) is 14.8. The third kappa shape index (κ3) is 5.10. The van der Waals surface area contributed by atoms with E-state index in [2.05, 4.69) is 36.3 Å². The first kappa shape index (κ1) is 21.0. The normalized spacial score (nSPS) is 13.7. The monoisotopic (exact) mass is 417 g/mol. The maximum absolute atomic E-state index is 13.2. The molecule has 0 unspecified atom stereocenters. The summed E-state index contributed by atoms with van der Waals surface area (Å²) in [5.41, 5.74) is 6.30. The molecule has 0 bridgehead atoms. The Bertz CT molecular complexity index is 1090. The molecule has 1 fully saturated rings. The number of rotatable bonds is 7. The van der Waals surface area contributed by atoms with Crippen LogP contribution >= 0.6 is 0 Å². The van der Waals surface area contributed by atoms with Crippen molar-refractivity contribution >= 4 is 12.0 Å². The number of amides is 1. The smallest absolute Gasteiger partial charge is 0.247 e. The predicted molar refractivity (Wildman–Crippen MR) is 121 cm³/mol. The number of carbonyl (C=O) groups excluding carboxylic acids is 1. The summed E-state index contributed by atoms with van der Waals surface area (Å²) in [5.74, 6) is -0.279. The van der Waals surface area contributed by atoms with Crippen molar-refractivity contribution in [2.75, 3.05) is 0 Å². The summed E-state index contributed by atoms with van der Waals surface area (Å²) in [5, 5.41) is 4.68. The molecule has 31 heavy (non-hydrogen) atoms. The summed E-state index contributed by atoms with van der Waals surface area (Å²) >= 11 is 0. The Morgan fingerprint density at radius 1 is 1.06 bits per heavy atom. The first-order chi connectivity index (χ1) is 14.9. The molecule has 1 aromatic heterocycles. The molecule has 1 aliphatic rings. The first-order valence-electron chi connectivity index (χ1n) is 10.7. The van der Waals surface area contributed by atoms with Crippen molar-refractivity contribution in [3.63, 3.8) is 0 Å². The lowest BCUT2D eigenvalue weighted by Gasteiger charge is -2.21. The number of aromatic nitrogens is 2. The van der Waals surface area contributed by atoms with E-state index >= 15 is 0 Å². The highest BCUT2D eigenvalue weighted by molar-refractivity contribution is 5.92. The average Bonchev–Trinajstić information content (AvgIpc) is 3.55. The van der Waals surface area contributed by atoms with Crippen LogP contribution < -0.4 is 0 Å². The van der Waals surface area contributed by atoms with Gasteiger partial charge in [0.2, 0.25) is 5.91 Å². The van der Waals surface area contributed by atoms with Gasteiger partial charge in [0.25, 0.3) is 0 Å². The Hall–Kier alpha value is -3.21. The predicted octanol–water partition coefficient (Wildman–Crippen LogP) is 5.20. The van der Waals surface area contributed by atoms with Gasteiger partial charge in [-0.25, -0.2) is 4.39 Å². The topological polar surface area (TPSA) is 38.1 Å². The van der Waals surface area contributed by atoms with Crippen molar-refractivity contribution in [1.82, 2.24) is 14.7 Å². The van der Waals surface area contributed by atoms with E-state index in [1.54, 1.807) is 18.2 Å². The van der Waals surface area contributed by atoms with Crippen molar-refractivity contribution in [2.45, 2.75) is 52.7 Å². The van der Waals surface area contributed by atoms with Crippen LogP contribution in [0.1, 0.15) is 46.5 Å². The fraction of sp³-hybridized carbons (Fsp3) is 0.308. The molecule has 0 saturated heterocycles. The molecule has 3 aromatic rings. The van der Waals surface area contributed by atoms with Crippen molar-refractivity contribution in [2.24, 2.45) is 0 Å². The first-order valence-corrected chi connectivity index (χ1v) is 10.7. The Labute approximate surface area is 183 Å². The maximum atomic E-state index is 13.2. The molecular weight excluding hydrogens is 389 g/mol. The van der Waals surface area contributed by atoms with Crippen LogP contribution in [0.5, 0.6) is 0 Å². The van der Waals surface area contributed by atoms with Gasteiger partial charge in [0.15, 0.2) is 0 Å².